The first-order chi connectivity index (χ1) is 17.8. The molecule has 0 aliphatic carbocycles. The van der Waals surface area contributed by atoms with Crippen LogP contribution in [0.2, 0.25) is 0 Å². The van der Waals surface area contributed by atoms with Crippen LogP contribution in [0.5, 0.6) is 5.75 Å². The second kappa shape index (κ2) is 11.3. The molecule has 198 valence electrons. The predicted molar refractivity (Wildman–Crippen MR) is 147 cm³/mol. The van der Waals surface area contributed by atoms with Crippen molar-refractivity contribution in [3.05, 3.63) is 59.2 Å². The van der Waals surface area contributed by atoms with Crippen LogP contribution >= 0.6 is 0 Å². The molecule has 2 heterocycles. The molecule has 0 spiro atoms. The lowest BCUT2D eigenvalue weighted by atomic mass is 9.94. The number of likely N-dealkylation sites (N-methyl/N-ethyl adjacent to an activating group) is 1. The largest absolute Gasteiger partial charge is 0.507 e. The number of hydrogen-bond acceptors (Lipinski definition) is 7. The number of anilines is 2. The molecule has 0 radical (unpaired) electrons. The van der Waals surface area contributed by atoms with Crippen LogP contribution in [0.4, 0.5) is 11.4 Å². The number of carbonyl (C=O) groups excluding carboxylic acids is 2. The minimum Gasteiger partial charge on any atom is -0.507 e. The summed E-state index contributed by atoms with van der Waals surface area (Å²) < 4.78 is 5.74. The number of aliphatic hydroxyl groups is 1. The number of nitrogens with zero attached hydrogens (tertiary/aromatic N) is 4. The van der Waals surface area contributed by atoms with Gasteiger partial charge in [0.1, 0.15) is 18.1 Å². The highest BCUT2D eigenvalue weighted by Gasteiger charge is 2.45. The molecule has 2 aromatic carbocycles. The Morgan fingerprint density at radius 3 is 2.43 bits per heavy atom. The van der Waals surface area contributed by atoms with Crippen molar-refractivity contribution in [3.8, 4) is 5.75 Å². The number of carbonyl (C=O) groups is 2. The van der Waals surface area contributed by atoms with Gasteiger partial charge in [0.15, 0.2) is 0 Å². The lowest BCUT2D eigenvalue weighted by Gasteiger charge is -2.28. The Kier molecular flexibility index (Phi) is 8.07. The van der Waals surface area contributed by atoms with Crippen LogP contribution in [-0.2, 0) is 9.59 Å². The summed E-state index contributed by atoms with van der Waals surface area (Å²) in [7, 11) is 5.93. The lowest BCUT2D eigenvalue weighted by molar-refractivity contribution is -0.139. The van der Waals surface area contributed by atoms with Gasteiger partial charge in [0.25, 0.3) is 11.7 Å². The molecule has 2 aromatic rings. The van der Waals surface area contributed by atoms with Gasteiger partial charge in [0.2, 0.25) is 0 Å². The maximum Gasteiger partial charge on any atom is 0.295 e. The summed E-state index contributed by atoms with van der Waals surface area (Å²) in [6.45, 7) is 8.51. The van der Waals surface area contributed by atoms with Crippen molar-refractivity contribution >= 4 is 28.8 Å². The predicted octanol–water partition coefficient (Wildman–Crippen LogP) is 3.73. The second-order valence-corrected chi connectivity index (χ2v) is 9.87. The molecular weight excluding hydrogens is 468 g/mol. The first-order valence-electron chi connectivity index (χ1n) is 13.0. The monoisotopic (exact) mass is 506 g/mol. The Bertz CT molecular complexity index is 1170. The van der Waals surface area contributed by atoms with Gasteiger partial charge < -0.3 is 29.4 Å². The molecule has 1 unspecified atom stereocenters. The van der Waals surface area contributed by atoms with E-state index in [-0.39, 0.29) is 11.3 Å². The Hall–Kier alpha value is -3.52. The van der Waals surface area contributed by atoms with Crippen LogP contribution in [0.3, 0.4) is 0 Å². The van der Waals surface area contributed by atoms with E-state index in [9.17, 15) is 14.7 Å². The molecule has 2 aliphatic heterocycles. The first kappa shape index (κ1) is 26.5. The van der Waals surface area contributed by atoms with Crippen LogP contribution < -0.4 is 14.5 Å². The SMILES string of the molecule is CCN(CC)c1ccc(C2/C(=C(/O)c3ccc4c(c3)N(C)CCO4)C(=O)C(=O)N2CCCN(C)C)cc1. The fraction of sp³-hybridized carbons (Fsp3) is 0.448. The quantitative estimate of drug-likeness (QED) is 0.315. The second-order valence-electron chi connectivity index (χ2n) is 9.87. The molecule has 8 nitrogen and oxygen atoms in total. The maximum absolute atomic E-state index is 13.4. The van der Waals surface area contributed by atoms with Gasteiger partial charge >= 0.3 is 0 Å². The van der Waals surface area contributed by atoms with Gasteiger partial charge in [0, 0.05) is 37.9 Å². The Labute approximate surface area is 219 Å². The average molecular weight is 507 g/mol. The standard InChI is InChI=1S/C29H38N4O4/c1-6-32(7-2)22-12-9-20(10-13-22)26-25(28(35)29(36)33(26)16-8-15-30(3)4)27(34)21-11-14-24-23(19-21)31(5)17-18-37-24/h9-14,19,26,34H,6-8,15-18H2,1-5H3/b27-25-. The normalized spacial score (nSPS) is 18.8. The topological polar surface area (TPSA) is 76.6 Å². The third-order valence-corrected chi connectivity index (χ3v) is 7.21. The van der Waals surface area contributed by atoms with Crippen molar-refractivity contribution in [2.24, 2.45) is 0 Å². The fourth-order valence-electron chi connectivity index (χ4n) is 5.12. The van der Waals surface area contributed by atoms with E-state index in [1.807, 2.05) is 51.5 Å². The Morgan fingerprint density at radius 1 is 1.08 bits per heavy atom. The van der Waals surface area contributed by atoms with E-state index in [0.29, 0.717) is 18.7 Å². The number of amides is 1. The molecular formula is C29H38N4O4. The van der Waals surface area contributed by atoms with Crippen molar-refractivity contribution in [3.63, 3.8) is 0 Å². The minimum absolute atomic E-state index is 0.129. The molecule has 37 heavy (non-hydrogen) atoms. The van der Waals surface area contributed by atoms with Crippen molar-refractivity contribution in [1.82, 2.24) is 9.80 Å². The van der Waals surface area contributed by atoms with E-state index in [4.69, 9.17) is 4.74 Å². The van der Waals surface area contributed by atoms with Crippen molar-refractivity contribution in [1.29, 1.82) is 0 Å². The number of benzene rings is 2. The number of likely N-dealkylation sites (tertiary alicyclic amines) is 1. The lowest BCUT2D eigenvalue weighted by Crippen LogP contribution is -2.32. The molecule has 0 saturated carbocycles. The number of aliphatic hydroxyl groups excluding tert-OH is 1. The van der Waals surface area contributed by atoms with E-state index in [0.717, 1.165) is 55.3 Å². The first-order valence-corrected chi connectivity index (χ1v) is 13.0. The smallest absolute Gasteiger partial charge is 0.295 e. The van der Waals surface area contributed by atoms with Gasteiger partial charge in [-0.05, 0) is 76.8 Å². The number of Topliss-reactive ketones (excluding diaryl/α,β-unsaturated/α-hetero) is 1. The number of hydrogen-bond donors (Lipinski definition) is 1. The van der Waals surface area contributed by atoms with E-state index < -0.39 is 17.7 Å². The van der Waals surface area contributed by atoms with Gasteiger partial charge in [-0.2, -0.15) is 0 Å². The van der Waals surface area contributed by atoms with E-state index in [1.165, 1.54) is 0 Å². The van der Waals surface area contributed by atoms with E-state index >= 15 is 0 Å². The highest BCUT2D eigenvalue weighted by Crippen LogP contribution is 2.41. The molecule has 1 amide bonds. The zero-order valence-electron chi connectivity index (χ0n) is 22.5. The molecule has 8 heteroatoms. The van der Waals surface area contributed by atoms with Crippen molar-refractivity contribution in [2.75, 3.05) is 70.3 Å². The summed E-state index contributed by atoms with van der Waals surface area (Å²) in [4.78, 5) is 34.6. The van der Waals surface area contributed by atoms with E-state index in [2.05, 4.69) is 28.5 Å². The van der Waals surface area contributed by atoms with E-state index in [1.54, 1.807) is 17.0 Å². The van der Waals surface area contributed by atoms with Gasteiger partial charge in [0.05, 0.1) is 23.8 Å². The minimum atomic E-state index is -0.655. The number of rotatable bonds is 9. The summed E-state index contributed by atoms with van der Waals surface area (Å²) >= 11 is 0. The van der Waals surface area contributed by atoms with Gasteiger partial charge in [-0.3, -0.25) is 9.59 Å². The molecule has 1 saturated heterocycles. The number of ether oxygens (including phenoxy) is 1. The molecule has 1 atom stereocenters. The number of ketones is 1. The third kappa shape index (κ3) is 5.30. The van der Waals surface area contributed by atoms with Crippen molar-refractivity contribution < 1.29 is 19.4 Å². The van der Waals surface area contributed by atoms with Crippen LogP contribution in [0, 0.1) is 0 Å². The summed E-state index contributed by atoms with van der Waals surface area (Å²) in [6, 6.07) is 12.7. The van der Waals surface area contributed by atoms with Gasteiger partial charge in [-0.25, -0.2) is 0 Å². The molecule has 2 aliphatic rings. The van der Waals surface area contributed by atoms with Crippen LogP contribution in [0.1, 0.15) is 37.4 Å². The molecule has 1 fully saturated rings. The van der Waals surface area contributed by atoms with Gasteiger partial charge in [-0.1, -0.05) is 12.1 Å². The van der Waals surface area contributed by atoms with Crippen LogP contribution in [0.15, 0.2) is 48.0 Å². The summed E-state index contributed by atoms with van der Waals surface area (Å²) in [5.74, 6) is -0.648. The van der Waals surface area contributed by atoms with Crippen LogP contribution in [-0.4, -0.2) is 87.1 Å². The summed E-state index contributed by atoms with van der Waals surface area (Å²) in [5, 5.41) is 11.5. The zero-order chi connectivity index (χ0) is 26.7. The number of fused-ring (bicyclic) bond motifs is 1. The van der Waals surface area contributed by atoms with Gasteiger partial charge in [-0.15, -0.1) is 0 Å². The maximum atomic E-state index is 13.4. The van der Waals surface area contributed by atoms with Crippen LogP contribution in [0.25, 0.3) is 5.76 Å². The Balaban J connectivity index is 1.78. The Morgan fingerprint density at radius 2 is 1.78 bits per heavy atom. The fourth-order valence-corrected chi connectivity index (χ4v) is 5.12. The highest BCUT2D eigenvalue weighted by molar-refractivity contribution is 6.46. The molecule has 0 bridgehead atoms. The zero-order valence-corrected chi connectivity index (χ0v) is 22.5. The molecule has 4 rings (SSSR count). The molecule has 0 aromatic heterocycles. The highest BCUT2D eigenvalue weighted by atomic mass is 16.5. The average Bonchev–Trinajstić information content (AvgIpc) is 3.14. The summed E-state index contributed by atoms with van der Waals surface area (Å²) in [5.41, 5.74) is 3.35. The van der Waals surface area contributed by atoms with Crippen molar-refractivity contribution in [2.45, 2.75) is 26.3 Å². The molecule has 1 N–H and O–H groups in total. The summed E-state index contributed by atoms with van der Waals surface area (Å²) in [6.07, 6.45) is 0.717. The third-order valence-electron chi connectivity index (χ3n) is 7.21.